The van der Waals surface area contributed by atoms with Gasteiger partial charge in [0.1, 0.15) is 0 Å². The Bertz CT molecular complexity index is 329. The van der Waals surface area contributed by atoms with Crippen molar-refractivity contribution >= 4 is 5.78 Å². The van der Waals surface area contributed by atoms with Crippen molar-refractivity contribution in [3.05, 3.63) is 23.3 Å². The molecule has 0 saturated heterocycles. The Balaban J connectivity index is 3.37. The highest BCUT2D eigenvalue weighted by atomic mass is 16.1. The van der Waals surface area contributed by atoms with Crippen molar-refractivity contribution in [1.29, 1.82) is 0 Å². The molecule has 1 aliphatic carbocycles. The summed E-state index contributed by atoms with van der Waals surface area (Å²) >= 11 is 0. The van der Waals surface area contributed by atoms with Crippen molar-refractivity contribution in [3.8, 4) is 0 Å². The van der Waals surface area contributed by atoms with Crippen LogP contribution in [0.5, 0.6) is 0 Å². The van der Waals surface area contributed by atoms with E-state index in [1.165, 1.54) is 5.57 Å². The van der Waals surface area contributed by atoms with Crippen molar-refractivity contribution in [1.82, 2.24) is 0 Å². The molecule has 1 aliphatic rings. The van der Waals surface area contributed by atoms with Gasteiger partial charge in [-0.15, -0.1) is 0 Å². The molecule has 0 N–H and O–H groups in total. The lowest BCUT2D eigenvalue weighted by Gasteiger charge is -2.32. The molecule has 0 saturated carbocycles. The lowest BCUT2D eigenvalue weighted by molar-refractivity contribution is -0.115. The normalized spacial score (nSPS) is 18.7. The molecule has 0 unspecified atom stereocenters. The first kappa shape index (κ1) is 12.2. The number of rotatable bonds is 0. The van der Waals surface area contributed by atoms with E-state index in [4.69, 9.17) is 0 Å². The predicted molar refractivity (Wildman–Crippen MR) is 64.7 cm³/mol. The molecule has 1 rings (SSSR count). The maximum absolute atomic E-state index is 12.0. The lowest BCUT2D eigenvalue weighted by atomic mass is 9.71. The Kier molecular flexibility index (Phi) is 2.95. The van der Waals surface area contributed by atoms with E-state index in [9.17, 15) is 4.79 Å². The van der Waals surface area contributed by atoms with Gasteiger partial charge in [0, 0.05) is 12.0 Å². The highest BCUT2D eigenvalue weighted by Crippen LogP contribution is 2.40. The standard InChI is InChI=1S/C14H22O/c1-13(2,3)10-8-7-9-11(15)12(10)14(4,5)6/h7-8H,9H2,1-6H3. The Morgan fingerprint density at radius 2 is 1.53 bits per heavy atom. The SMILES string of the molecule is CC(C)(C)C1=C(C(C)(C)C)C(=O)CC=C1. The van der Waals surface area contributed by atoms with Crippen LogP contribution in [0.4, 0.5) is 0 Å². The number of hydrogen-bond acceptors (Lipinski definition) is 1. The Morgan fingerprint density at radius 1 is 1.00 bits per heavy atom. The van der Waals surface area contributed by atoms with Gasteiger partial charge < -0.3 is 0 Å². The zero-order chi connectivity index (χ0) is 11.9. The fraction of sp³-hybridized carbons (Fsp3) is 0.643. The number of carbonyl (C=O) groups is 1. The summed E-state index contributed by atoms with van der Waals surface area (Å²) in [6.07, 6.45) is 4.67. The molecular formula is C14H22O. The maximum Gasteiger partial charge on any atom is 0.163 e. The monoisotopic (exact) mass is 206 g/mol. The molecule has 15 heavy (non-hydrogen) atoms. The molecule has 0 aliphatic heterocycles. The fourth-order valence-electron chi connectivity index (χ4n) is 2.07. The zero-order valence-electron chi connectivity index (χ0n) is 10.8. The summed E-state index contributed by atoms with van der Waals surface area (Å²) in [5, 5.41) is 0. The molecule has 84 valence electrons. The van der Waals surface area contributed by atoms with Gasteiger partial charge in [-0.2, -0.15) is 0 Å². The minimum absolute atomic E-state index is 0.0508. The van der Waals surface area contributed by atoms with Crippen LogP contribution in [0.1, 0.15) is 48.0 Å². The molecule has 0 aromatic heterocycles. The quantitative estimate of drug-likeness (QED) is 0.587. The lowest BCUT2D eigenvalue weighted by Crippen LogP contribution is -2.26. The molecule has 0 aromatic rings. The summed E-state index contributed by atoms with van der Waals surface area (Å²) in [7, 11) is 0. The van der Waals surface area contributed by atoms with Crippen molar-refractivity contribution in [2.24, 2.45) is 10.8 Å². The summed E-state index contributed by atoms with van der Waals surface area (Å²) in [5.41, 5.74) is 2.21. The third kappa shape index (κ3) is 2.58. The molecule has 0 amide bonds. The third-order valence-electron chi connectivity index (χ3n) is 2.69. The van der Waals surface area contributed by atoms with Crippen LogP contribution in [0, 0.1) is 10.8 Å². The first-order valence-corrected chi connectivity index (χ1v) is 5.59. The van der Waals surface area contributed by atoms with Gasteiger partial charge in [-0.1, -0.05) is 53.7 Å². The summed E-state index contributed by atoms with van der Waals surface area (Å²) in [4.78, 5) is 12.0. The largest absolute Gasteiger partial charge is 0.294 e. The van der Waals surface area contributed by atoms with Gasteiger partial charge >= 0.3 is 0 Å². The summed E-state index contributed by atoms with van der Waals surface area (Å²) in [5.74, 6) is 0.287. The smallest absolute Gasteiger partial charge is 0.163 e. The number of hydrogen-bond donors (Lipinski definition) is 0. The van der Waals surface area contributed by atoms with Crippen molar-refractivity contribution in [2.75, 3.05) is 0 Å². The number of ketones is 1. The third-order valence-corrected chi connectivity index (χ3v) is 2.69. The van der Waals surface area contributed by atoms with Crippen molar-refractivity contribution in [3.63, 3.8) is 0 Å². The highest BCUT2D eigenvalue weighted by Gasteiger charge is 2.32. The average Bonchev–Trinajstić information content (AvgIpc) is 1.99. The van der Waals surface area contributed by atoms with Crippen LogP contribution in [0.2, 0.25) is 0 Å². The Labute approximate surface area is 93.3 Å². The fourth-order valence-corrected chi connectivity index (χ4v) is 2.07. The van der Waals surface area contributed by atoms with Crippen LogP contribution in [0.3, 0.4) is 0 Å². The molecule has 0 atom stereocenters. The molecule has 0 radical (unpaired) electrons. The molecule has 1 nitrogen and oxygen atoms in total. The van der Waals surface area contributed by atoms with Crippen LogP contribution in [-0.4, -0.2) is 5.78 Å². The predicted octanol–water partition coefficient (Wildman–Crippen LogP) is 3.90. The Morgan fingerprint density at radius 3 is 1.87 bits per heavy atom. The molecular weight excluding hydrogens is 184 g/mol. The minimum Gasteiger partial charge on any atom is -0.294 e. The van der Waals surface area contributed by atoms with E-state index in [-0.39, 0.29) is 16.6 Å². The molecule has 0 spiro atoms. The second-order valence-electron chi connectivity index (χ2n) is 6.32. The van der Waals surface area contributed by atoms with Crippen LogP contribution in [0.15, 0.2) is 23.3 Å². The van der Waals surface area contributed by atoms with E-state index >= 15 is 0 Å². The van der Waals surface area contributed by atoms with E-state index in [0.717, 1.165) is 5.57 Å². The molecule has 0 fully saturated rings. The van der Waals surface area contributed by atoms with Gasteiger partial charge in [-0.3, -0.25) is 4.79 Å². The van der Waals surface area contributed by atoms with Gasteiger partial charge in [0.15, 0.2) is 5.78 Å². The first-order valence-electron chi connectivity index (χ1n) is 5.59. The molecule has 0 heterocycles. The Hall–Kier alpha value is -0.850. The van der Waals surface area contributed by atoms with Crippen LogP contribution in [0.25, 0.3) is 0 Å². The zero-order valence-corrected chi connectivity index (χ0v) is 10.8. The number of Topliss-reactive ketones (excluding diaryl/α,β-unsaturated/α-hetero) is 1. The maximum atomic E-state index is 12.0. The second kappa shape index (κ2) is 3.62. The van der Waals surface area contributed by atoms with E-state index in [2.05, 4.69) is 47.6 Å². The van der Waals surface area contributed by atoms with Gasteiger partial charge in [0.05, 0.1) is 0 Å². The van der Waals surface area contributed by atoms with E-state index < -0.39 is 0 Å². The van der Waals surface area contributed by atoms with E-state index in [1.807, 2.05) is 6.08 Å². The molecule has 0 bridgehead atoms. The van der Waals surface area contributed by atoms with Crippen LogP contribution in [-0.2, 0) is 4.79 Å². The summed E-state index contributed by atoms with van der Waals surface area (Å²) < 4.78 is 0. The van der Waals surface area contributed by atoms with E-state index in [1.54, 1.807) is 0 Å². The summed E-state index contributed by atoms with van der Waals surface area (Å²) in [6.45, 7) is 12.8. The second-order valence-corrected chi connectivity index (χ2v) is 6.32. The van der Waals surface area contributed by atoms with E-state index in [0.29, 0.717) is 6.42 Å². The van der Waals surface area contributed by atoms with Crippen LogP contribution < -0.4 is 0 Å². The average molecular weight is 206 g/mol. The minimum atomic E-state index is -0.0511. The topological polar surface area (TPSA) is 17.1 Å². The number of allylic oxidation sites excluding steroid dienone is 4. The summed E-state index contributed by atoms with van der Waals surface area (Å²) in [6, 6.07) is 0. The van der Waals surface area contributed by atoms with Crippen molar-refractivity contribution < 1.29 is 4.79 Å². The first-order chi connectivity index (χ1) is 6.64. The number of carbonyl (C=O) groups excluding carboxylic acids is 1. The van der Waals surface area contributed by atoms with Gasteiger partial charge in [0.25, 0.3) is 0 Å². The van der Waals surface area contributed by atoms with Gasteiger partial charge in [-0.05, 0) is 16.4 Å². The molecule has 0 aromatic carbocycles. The van der Waals surface area contributed by atoms with Crippen LogP contribution >= 0.6 is 0 Å². The molecule has 1 heteroatoms. The van der Waals surface area contributed by atoms with Gasteiger partial charge in [0.2, 0.25) is 0 Å². The van der Waals surface area contributed by atoms with Crippen molar-refractivity contribution in [2.45, 2.75) is 48.0 Å². The van der Waals surface area contributed by atoms with Gasteiger partial charge in [-0.25, -0.2) is 0 Å². The highest BCUT2D eigenvalue weighted by molar-refractivity contribution is 6.00.